The molecule has 0 aliphatic carbocycles. The van der Waals surface area contributed by atoms with E-state index in [2.05, 4.69) is 10.3 Å². The van der Waals surface area contributed by atoms with Gasteiger partial charge in [0.15, 0.2) is 5.13 Å². The molecule has 4 N–H and O–H groups in total. The molecule has 94 valence electrons. The van der Waals surface area contributed by atoms with Gasteiger partial charge in [0.25, 0.3) is 5.91 Å². The number of nitrogens with two attached hydrogens (primary N) is 1. The van der Waals surface area contributed by atoms with Crippen LogP contribution >= 0.6 is 11.3 Å². The van der Waals surface area contributed by atoms with Gasteiger partial charge in [-0.2, -0.15) is 0 Å². The molecule has 0 aliphatic rings. The predicted molar refractivity (Wildman–Crippen MR) is 69.1 cm³/mol. The van der Waals surface area contributed by atoms with Crippen molar-refractivity contribution in [2.75, 3.05) is 18.2 Å². The zero-order valence-corrected chi connectivity index (χ0v) is 10.3. The van der Waals surface area contributed by atoms with Gasteiger partial charge >= 0.3 is 0 Å². The van der Waals surface area contributed by atoms with Crippen molar-refractivity contribution in [2.24, 2.45) is 0 Å². The monoisotopic (exact) mass is 265 g/mol. The standard InChI is InChI=1S/C11H11N3O3S/c1-17-6-2-3-7(9(15)4-6)13-10(16)8-5-18-11(12)14-8/h2-5,15H,1H3,(H2,12,14)(H,13,16). The number of hydrogen-bond acceptors (Lipinski definition) is 6. The van der Waals surface area contributed by atoms with Crippen LogP contribution in [0.1, 0.15) is 10.5 Å². The number of carbonyl (C=O) groups excluding carboxylic acids is 1. The Bertz CT molecular complexity index is 583. The smallest absolute Gasteiger partial charge is 0.275 e. The number of phenolic OH excluding ortho intramolecular Hbond substituents is 1. The Hall–Kier alpha value is -2.28. The van der Waals surface area contributed by atoms with E-state index in [1.165, 1.54) is 24.5 Å². The van der Waals surface area contributed by atoms with E-state index in [9.17, 15) is 9.90 Å². The quantitative estimate of drug-likeness (QED) is 0.734. The lowest BCUT2D eigenvalue weighted by atomic mass is 10.2. The minimum Gasteiger partial charge on any atom is -0.506 e. The molecule has 0 saturated carbocycles. The number of hydrogen-bond donors (Lipinski definition) is 3. The van der Waals surface area contributed by atoms with E-state index in [4.69, 9.17) is 10.5 Å². The first-order valence-corrected chi connectivity index (χ1v) is 5.87. The molecule has 7 heteroatoms. The molecule has 0 saturated heterocycles. The molecule has 0 radical (unpaired) electrons. The van der Waals surface area contributed by atoms with E-state index in [1.807, 2.05) is 0 Å². The van der Waals surface area contributed by atoms with Crippen LogP contribution in [0.2, 0.25) is 0 Å². The van der Waals surface area contributed by atoms with Crippen molar-refractivity contribution in [3.63, 3.8) is 0 Å². The van der Waals surface area contributed by atoms with Crippen molar-refractivity contribution in [3.05, 3.63) is 29.3 Å². The summed E-state index contributed by atoms with van der Waals surface area (Å²) >= 11 is 1.18. The molecule has 1 heterocycles. The maximum Gasteiger partial charge on any atom is 0.275 e. The van der Waals surface area contributed by atoms with Crippen LogP contribution in [-0.2, 0) is 0 Å². The Kier molecular flexibility index (Phi) is 3.33. The van der Waals surface area contributed by atoms with Gasteiger partial charge in [0.1, 0.15) is 17.2 Å². The van der Waals surface area contributed by atoms with Crippen LogP contribution in [-0.4, -0.2) is 23.1 Å². The Morgan fingerprint density at radius 2 is 2.33 bits per heavy atom. The molecule has 1 aromatic carbocycles. The second-order valence-corrected chi connectivity index (χ2v) is 4.30. The number of nitrogen functional groups attached to an aromatic ring is 1. The molecular weight excluding hydrogens is 254 g/mol. The van der Waals surface area contributed by atoms with Crippen molar-refractivity contribution in [2.45, 2.75) is 0 Å². The summed E-state index contributed by atoms with van der Waals surface area (Å²) in [6.07, 6.45) is 0. The van der Waals surface area contributed by atoms with Crippen LogP contribution < -0.4 is 15.8 Å². The number of anilines is 2. The minimum atomic E-state index is -0.427. The first-order valence-electron chi connectivity index (χ1n) is 4.99. The maximum absolute atomic E-state index is 11.8. The van der Waals surface area contributed by atoms with Crippen molar-refractivity contribution >= 4 is 28.1 Å². The van der Waals surface area contributed by atoms with Gasteiger partial charge in [-0.25, -0.2) is 4.98 Å². The molecule has 2 rings (SSSR count). The van der Waals surface area contributed by atoms with Gasteiger partial charge in [0, 0.05) is 11.4 Å². The van der Waals surface area contributed by atoms with Crippen LogP contribution in [0.15, 0.2) is 23.6 Å². The number of nitrogens with one attached hydrogen (secondary N) is 1. The van der Waals surface area contributed by atoms with E-state index >= 15 is 0 Å². The highest BCUT2D eigenvalue weighted by Gasteiger charge is 2.12. The lowest BCUT2D eigenvalue weighted by molar-refractivity contribution is 0.102. The van der Waals surface area contributed by atoms with Crippen LogP contribution in [0.4, 0.5) is 10.8 Å². The number of methoxy groups -OCH3 is 1. The van der Waals surface area contributed by atoms with E-state index < -0.39 is 5.91 Å². The zero-order chi connectivity index (χ0) is 13.1. The average molecular weight is 265 g/mol. The topological polar surface area (TPSA) is 97.5 Å². The normalized spacial score (nSPS) is 10.1. The summed E-state index contributed by atoms with van der Waals surface area (Å²) in [7, 11) is 1.49. The molecule has 0 aliphatic heterocycles. The number of aromatic hydroxyl groups is 1. The Morgan fingerprint density at radius 1 is 1.56 bits per heavy atom. The fourth-order valence-corrected chi connectivity index (χ4v) is 1.87. The van der Waals surface area contributed by atoms with Gasteiger partial charge in [-0.15, -0.1) is 11.3 Å². The van der Waals surface area contributed by atoms with E-state index in [-0.39, 0.29) is 17.1 Å². The lowest BCUT2D eigenvalue weighted by Gasteiger charge is -2.07. The summed E-state index contributed by atoms with van der Waals surface area (Å²) in [6, 6.07) is 4.58. The van der Waals surface area contributed by atoms with E-state index in [1.54, 1.807) is 17.5 Å². The molecule has 1 amide bonds. The van der Waals surface area contributed by atoms with Gasteiger partial charge in [-0.3, -0.25) is 4.79 Å². The van der Waals surface area contributed by atoms with Crippen LogP contribution in [0.3, 0.4) is 0 Å². The van der Waals surface area contributed by atoms with Gasteiger partial charge in [0.2, 0.25) is 0 Å². The van der Waals surface area contributed by atoms with Crippen molar-refractivity contribution in [3.8, 4) is 11.5 Å². The van der Waals surface area contributed by atoms with Crippen LogP contribution in [0.5, 0.6) is 11.5 Å². The third-order valence-electron chi connectivity index (χ3n) is 2.21. The Balaban J connectivity index is 2.16. The van der Waals surface area contributed by atoms with Gasteiger partial charge in [-0.1, -0.05) is 0 Å². The second kappa shape index (κ2) is 4.92. The average Bonchev–Trinajstić information content (AvgIpc) is 2.78. The number of carbonyl (C=O) groups is 1. The fourth-order valence-electron chi connectivity index (χ4n) is 1.32. The molecule has 0 bridgehead atoms. The molecule has 2 aromatic rings. The first-order chi connectivity index (χ1) is 8.60. The SMILES string of the molecule is COc1ccc(NC(=O)c2csc(N)n2)c(O)c1. The molecule has 6 nitrogen and oxygen atoms in total. The maximum atomic E-state index is 11.8. The number of aromatic nitrogens is 1. The molecule has 18 heavy (non-hydrogen) atoms. The summed E-state index contributed by atoms with van der Waals surface area (Å²) < 4.78 is 4.94. The number of benzene rings is 1. The third kappa shape index (κ3) is 2.51. The number of rotatable bonds is 3. The highest BCUT2D eigenvalue weighted by molar-refractivity contribution is 7.13. The summed E-state index contributed by atoms with van der Waals surface area (Å²) in [4.78, 5) is 15.6. The largest absolute Gasteiger partial charge is 0.506 e. The molecular formula is C11H11N3O3S. The first kappa shape index (κ1) is 12.2. The number of thiazole rings is 1. The fraction of sp³-hybridized carbons (Fsp3) is 0.0909. The van der Waals surface area contributed by atoms with Crippen LogP contribution in [0, 0.1) is 0 Å². The predicted octanol–water partition coefficient (Wildman–Crippen LogP) is 1.69. The van der Waals surface area contributed by atoms with Gasteiger partial charge in [0.05, 0.1) is 12.8 Å². The third-order valence-corrected chi connectivity index (χ3v) is 2.88. The van der Waals surface area contributed by atoms with Crippen molar-refractivity contribution < 1.29 is 14.6 Å². The van der Waals surface area contributed by atoms with Crippen molar-refractivity contribution in [1.82, 2.24) is 4.98 Å². The molecule has 1 aromatic heterocycles. The summed E-state index contributed by atoms with van der Waals surface area (Å²) in [5, 5.41) is 14.1. The Labute approximate surface area is 107 Å². The summed E-state index contributed by atoms with van der Waals surface area (Å²) in [6.45, 7) is 0. The molecule has 0 fully saturated rings. The lowest BCUT2D eigenvalue weighted by Crippen LogP contribution is -2.12. The number of amides is 1. The summed E-state index contributed by atoms with van der Waals surface area (Å²) in [5.74, 6) is -0.00211. The minimum absolute atomic E-state index is 0.0779. The van der Waals surface area contributed by atoms with Gasteiger partial charge < -0.3 is 20.9 Å². The number of phenols is 1. The van der Waals surface area contributed by atoms with Crippen molar-refractivity contribution in [1.29, 1.82) is 0 Å². The zero-order valence-electron chi connectivity index (χ0n) is 9.51. The highest BCUT2D eigenvalue weighted by atomic mass is 32.1. The summed E-state index contributed by atoms with van der Waals surface area (Å²) in [5.41, 5.74) is 5.94. The van der Waals surface area contributed by atoms with E-state index in [0.29, 0.717) is 10.9 Å². The highest BCUT2D eigenvalue weighted by Crippen LogP contribution is 2.28. The van der Waals surface area contributed by atoms with Crippen LogP contribution in [0.25, 0.3) is 0 Å². The Morgan fingerprint density at radius 3 is 2.89 bits per heavy atom. The second-order valence-electron chi connectivity index (χ2n) is 3.41. The molecule has 0 spiro atoms. The molecule has 0 atom stereocenters. The molecule has 0 unspecified atom stereocenters. The van der Waals surface area contributed by atoms with E-state index in [0.717, 1.165) is 0 Å². The number of ether oxygens (including phenoxy) is 1. The number of nitrogens with zero attached hydrogens (tertiary/aromatic N) is 1. The van der Waals surface area contributed by atoms with Gasteiger partial charge in [-0.05, 0) is 12.1 Å².